The highest BCUT2D eigenvalue weighted by molar-refractivity contribution is 7.89. The number of benzene rings is 1. The van der Waals surface area contributed by atoms with E-state index < -0.39 is 16.0 Å². The lowest BCUT2D eigenvalue weighted by Crippen LogP contribution is -2.23. The van der Waals surface area contributed by atoms with Crippen molar-refractivity contribution in [1.82, 2.24) is 4.72 Å². The molecule has 0 amide bonds. The molecule has 0 bridgehead atoms. The predicted octanol–water partition coefficient (Wildman–Crippen LogP) is 2.42. The molecular formula is C13H12ClNO5S. The number of furan rings is 1. The highest BCUT2D eigenvalue weighted by Crippen LogP contribution is 2.20. The first-order valence-corrected chi connectivity index (χ1v) is 7.73. The third-order valence-corrected chi connectivity index (χ3v) is 4.44. The topological polar surface area (TPSA) is 96.6 Å². The molecule has 0 unspecified atom stereocenters. The van der Waals surface area contributed by atoms with Crippen molar-refractivity contribution in [1.29, 1.82) is 0 Å². The highest BCUT2D eigenvalue weighted by atomic mass is 35.5. The quantitative estimate of drug-likeness (QED) is 0.878. The van der Waals surface area contributed by atoms with Crippen molar-refractivity contribution in [2.45, 2.75) is 18.4 Å². The Morgan fingerprint density at radius 1 is 1.33 bits per heavy atom. The van der Waals surface area contributed by atoms with E-state index in [0.29, 0.717) is 11.5 Å². The molecule has 1 aromatic carbocycles. The molecule has 0 radical (unpaired) electrons. The van der Waals surface area contributed by atoms with E-state index in [2.05, 4.69) is 4.72 Å². The number of nitrogens with one attached hydrogen (secondary N) is 1. The number of aryl methyl sites for hydroxylation is 1. The Hall–Kier alpha value is -1.83. The minimum absolute atomic E-state index is 0.0249. The summed E-state index contributed by atoms with van der Waals surface area (Å²) in [5, 5.41) is 8.93. The van der Waals surface area contributed by atoms with Crippen LogP contribution in [-0.2, 0) is 16.6 Å². The fourth-order valence-corrected chi connectivity index (χ4v) is 2.88. The zero-order chi connectivity index (χ0) is 15.6. The van der Waals surface area contributed by atoms with Gasteiger partial charge in [0.2, 0.25) is 10.0 Å². The first kappa shape index (κ1) is 15.6. The van der Waals surface area contributed by atoms with E-state index in [-0.39, 0.29) is 22.0 Å². The second-order valence-electron chi connectivity index (χ2n) is 4.28. The molecular weight excluding hydrogens is 318 g/mol. The van der Waals surface area contributed by atoms with Crippen molar-refractivity contribution in [3.63, 3.8) is 0 Å². The Kier molecular flexibility index (Phi) is 4.36. The molecule has 0 saturated carbocycles. The summed E-state index contributed by atoms with van der Waals surface area (Å²) in [5.41, 5.74) is -0.270. The van der Waals surface area contributed by atoms with Crippen LogP contribution < -0.4 is 4.72 Å². The minimum Gasteiger partial charge on any atom is -0.478 e. The number of carboxylic acid groups (broad SMARTS) is 1. The molecule has 0 aliphatic heterocycles. The van der Waals surface area contributed by atoms with Gasteiger partial charge >= 0.3 is 5.97 Å². The Bertz CT molecular complexity index is 782. The van der Waals surface area contributed by atoms with Crippen LogP contribution in [-0.4, -0.2) is 19.5 Å². The van der Waals surface area contributed by atoms with Gasteiger partial charge in [-0.3, -0.25) is 0 Å². The third-order valence-electron chi connectivity index (χ3n) is 2.71. The average Bonchev–Trinajstić information content (AvgIpc) is 2.82. The summed E-state index contributed by atoms with van der Waals surface area (Å²) in [4.78, 5) is 10.8. The first-order chi connectivity index (χ1) is 9.79. The summed E-state index contributed by atoms with van der Waals surface area (Å²) in [6.07, 6.45) is 0. The molecule has 112 valence electrons. The van der Waals surface area contributed by atoms with Crippen molar-refractivity contribution in [2.24, 2.45) is 0 Å². The van der Waals surface area contributed by atoms with Crippen LogP contribution in [0.15, 0.2) is 39.6 Å². The van der Waals surface area contributed by atoms with Gasteiger partial charge in [0, 0.05) is 0 Å². The van der Waals surface area contributed by atoms with Gasteiger partial charge in [0.1, 0.15) is 11.5 Å². The maximum atomic E-state index is 12.1. The van der Waals surface area contributed by atoms with Crippen molar-refractivity contribution < 1.29 is 22.7 Å². The van der Waals surface area contributed by atoms with Crippen LogP contribution in [0.3, 0.4) is 0 Å². The molecule has 2 rings (SSSR count). The molecule has 0 aliphatic rings. The van der Waals surface area contributed by atoms with E-state index in [1.54, 1.807) is 19.1 Å². The molecule has 0 spiro atoms. The Labute approximate surface area is 126 Å². The van der Waals surface area contributed by atoms with Crippen LogP contribution in [0.25, 0.3) is 0 Å². The van der Waals surface area contributed by atoms with Gasteiger partial charge in [-0.15, -0.1) is 0 Å². The van der Waals surface area contributed by atoms with E-state index in [4.69, 9.17) is 21.1 Å². The smallest absolute Gasteiger partial charge is 0.337 e. The molecule has 2 aromatic rings. The SMILES string of the molecule is Cc1ccc(CNS(=O)(=O)c2ccc(Cl)c(C(=O)O)c2)o1. The number of sulfonamides is 1. The summed E-state index contributed by atoms with van der Waals surface area (Å²) in [7, 11) is -3.85. The van der Waals surface area contributed by atoms with Crippen LogP contribution in [0, 0.1) is 6.92 Å². The van der Waals surface area contributed by atoms with Crippen molar-refractivity contribution in [2.75, 3.05) is 0 Å². The monoisotopic (exact) mass is 329 g/mol. The van der Waals surface area contributed by atoms with Gasteiger partial charge < -0.3 is 9.52 Å². The summed E-state index contributed by atoms with van der Waals surface area (Å²) in [6, 6.07) is 6.86. The van der Waals surface area contributed by atoms with E-state index in [1.807, 2.05) is 0 Å². The van der Waals surface area contributed by atoms with Gasteiger partial charge in [0.15, 0.2) is 0 Å². The van der Waals surface area contributed by atoms with Crippen LogP contribution in [0.4, 0.5) is 0 Å². The molecule has 1 aromatic heterocycles. The van der Waals surface area contributed by atoms with Crippen LogP contribution in [0.2, 0.25) is 5.02 Å². The second kappa shape index (κ2) is 5.88. The summed E-state index contributed by atoms with van der Waals surface area (Å²) in [5.74, 6) is -0.161. The molecule has 0 aliphatic carbocycles. The lowest BCUT2D eigenvalue weighted by molar-refractivity contribution is 0.0697. The number of hydrogen-bond acceptors (Lipinski definition) is 4. The van der Waals surface area contributed by atoms with Crippen LogP contribution >= 0.6 is 11.6 Å². The van der Waals surface area contributed by atoms with Gasteiger partial charge in [0.05, 0.1) is 22.0 Å². The third kappa shape index (κ3) is 3.63. The van der Waals surface area contributed by atoms with Crippen molar-refractivity contribution in [3.05, 3.63) is 52.4 Å². The van der Waals surface area contributed by atoms with E-state index in [0.717, 1.165) is 6.07 Å². The largest absolute Gasteiger partial charge is 0.478 e. The average molecular weight is 330 g/mol. The van der Waals surface area contributed by atoms with Gasteiger partial charge in [-0.05, 0) is 37.3 Å². The highest BCUT2D eigenvalue weighted by Gasteiger charge is 2.18. The molecule has 2 N–H and O–H groups in total. The van der Waals surface area contributed by atoms with Crippen molar-refractivity contribution >= 4 is 27.6 Å². The zero-order valence-electron chi connectivity index (χ0n) is 11.0. The van der Waals surface area contributed by atoms with Gasteiger partial charge in [-0.25, -0.2) is 17.9 Å². The normalized spacial score (nSPS) is 11.5. The Morgan fingerprint density at radius 3 is 2.62 bits per heavy atom. The number of carbonyl (C=O) groups is 1. The van der Waals surface area contributed by atoms with Crippen LogP contribution in [0.1, 0.15) is 21.9 Å². The van der Waals surface area contributed by atoms with E-state index >= 15 is 0 Å². The van der Waals surface area contributed by atoms with E-state index in [9.17, 15) is 13.2 Å². The predicted molar refractivity (Wildman–Crippen MR) is 75.9 cm³/mol. The van der Waals surface area contributed by atoms with Crippen molar-refractivity contribution in [3.8, 4) is 0 Å². The molecule has 8 heteroatoms. The maximum absolute atomic E-state index is 12.1. The summed E-state index contributed by atoms with van der Waals surface area (Å²) < 4.78 is 31.8. The number of halogens is 1. The lowest BCUT2D eigenvalue weighted by Gasteiger charge is -2.07. The Morgan fingerprint density at radius 2 is 2.05 bits per heavy atom. The first-order valence-electron chi connectivity index (χ1n) is 5.87. The summed E-state index contributed by atoms with van der Waals surface area (Å²) >= 11 is 5.71. The van der Waals surface area contributed by atoms with Crippen LogP contribution in [0.5, 0.6) is 0 Å². The molecule has 6 nitrogen and oxygen atoms in total. The standard InChI is InChI=1S/C13H12ClNO5S/c1-8-2-3-9(20-8)7-15-21(18,19)10-4-5-12(14)11(6-10)13(16)17/h2-6,15H,7H2,1H3,(H,16,17). The molecule has 1 heterocycles. The second-order valence-corrected chi connectivity index (χ2v) is 6.46. The molecule has 21 heavy (non-hydrogen) atoms. The maximum Gasteiger partial charge on any atom is 0.337 e. The molecule has 0 fully saturated rings. The number of hydrogen-bond donors (Lipinski definition) is 2. The van der Waals surface area contributed by atoms with E-state index in [1.165, 1.54) is 12.1 Å². The lowest BCUT2D eigenvalue weighted by atomic mass is 10.2. The Balaban J connectivity index is 2.23. The van der Waals surface area contributed by atoms with Gasteiger partial charge in [-0.2, -0.15) is 0 Å². The number of aromatic carboxylic acids is 1. The van der Waals surface area contributed by atoms with Gasteiger partial charge in [0.25, 0.3) is 0 Å². The van der Waals surface area contributed by atoms with Gasteiger partial charge in [-0.1, -0.05) is 11.6 Å². The zero-order valence-corrected chi connectivity index (χ0v) is 12.5. The number of carboxylic acids is 1. The molecule has 0 saturated heterocycles. The summed E-state index contributed by atoms with van der Waals surface area (Å²) in [6.45, 7) is 1.72. The number of rotatable bonds is 5. The fourth-order valence-electron chi connectivity index (χ4n) is 1.67. The fraction of sp³-hybridized carbons (Fsp3) is 0.154. The minimum atomic E-state index is -3.85. The molecule has 0 atom stereocenters.